The standard InChI is InChI=1S/C12H16O/c1-9(13)5-6-12(2)8-10-3-4-11(12)7-10/h3-6,10-11H,7-8H2,1-2H3/b6-5+. The zero-order valence-electron chi connectivity index (χ0n) is 8.29. The van der Waals surface area contributed by atoms with E-state index in [0.29, 0.717) is 5.92 Å². The number of hydrogen-bond acceptors (Lipinski definition) is 1. The van der Waals surface area contributed by atoms with E-state index in [1.807, 2.05) is 0 Å². The van der Waals surface area contributed by atoms with E-state index in [9.17, 15) is 4.79 Å². The summed E-state index contributed by atoms with van der Waals surface area (Å²) < 4.78 is 0. The molecule has 0 aromatic rings. The van der Waals surface area contributed by atoms with Crippen molar-refractivity contribution in [3.8, 4) is 0 Å². The van der Waals surface area contributed by atoms with E-state index < -0.39 is 0 Å². The molecule has 70 valence electrons. The molecule has 1 fully saturated rings. The highest BCUT2D eigenvalue weighted by Crippen LogP contribution is 2.52. The molecule has 0 saturated heterocycles. The van der Waals surface area contributed by atoms with Gasteiger partial charge in [-0.1, -0.05) is 25.2 Å². The van der Waals surface area contributed by atoms with Crippen molar-refractivity contribution in [3.05, 3.63) is 24.3 Å². The van der Waals surface area contributed by atoms with Crippen molar-refractivity contribution >= 4 is 5.78 Å². The number of hydrogen-bond donors (Lipinski definition) is 0. The molecule has 2 aliphatic rings. The van der Waals surface area contributed by atoms with Crippen molar-refractivity contribution in [2.75, 3.05) is 0 Å². The van der Waals surface area contributed by atoms with E-state index in [-0.39, 0.29) is 11.2 Å². The van der Waals surface area contributed by atoms with Crippen molar-refractivity contribution in [3.63, 3.8) is 0 Å². The van der Waals surface area contributed by atoms with Crippen LogP contribution in [-0.2, 0) is 4.79 Å². The Morgan fingerprint density at radius 2 is 2.31 bits per heavy atom. The van der Waals surface area contributed by atoms with Gasteiger partial charge in [-0.15, -0.1) is 0 Å². The molecule has 0 radical (unpaired) electrons. The van der Waals surface area contributed by atoms with Gasteiger partial charge in [0.05, 0.1) is 0 Å². The lowest BCUT2D eigenvalue weighted by Crippen LogP contribution is -2.18. The van der Waals surface area contributed by atoms with Crippen molar-refractivity contribution in [1.29, 1.82) is 0 Å². The molecule has 2 bridgehead atoms. The van der Waals surface area contributed by atoms with E-state index in [2.05, 4.69) is 25.2 Å². The fourth-order valence-corrected chi connectivity index (χ4v) is 2.63. The number of rotatable bonds is 2. The van der Waals surface area contributed by atoms with Crippen molar-refractivity contribution in [2.45, 2.75) is 26.7 Å². The number of carbonyl (C=O) groups excluding carboxylic acids is 1. The first kappa shape index (κ1) is 8.74. The minimum Gasteiger partial charge on any atom is -0.295 e. The summed E-state index contributed by atoms with van der Waals surface area (Å²) in [4.78, 5) is 10.8. The number of carbonyl (C=O) groups is 1. The largest absolute Gasteiger partial charge is 0.295 e. The first-order valence-electron chi connectivity index (χ1n) is 4.98. The fraction of sp³-hybridized carbons (Fsp3) is 0.583. The van der Waals surface area contributed by atoms with Gasteiger partial charge in [0.25, 0.3) is 0 Å². The Labute approximate surface area is 79.5 Å². The van der Waals surface area contributed by atoms with E-state index in [0.717, 1.165) is 5.92 Å². The lowest BCUT2D eigenvalue weighted by molar-refractivity contribution is -0.112. The first-order chi connectivity index (χ1) is 6.10. The molecule has 3 unspecified atom stereocenters. The minimum absolute atomic E-state index is 0.160. The zero-order chi connectivity index (χ0) is 9.47. The monoisotopic (exact) mass is 176 g/mol. The SMILES string of the molecule is CC(=O)/C=C/C1(C)CC2C=CC1C2. The topological polar surface area (TPSA) is 17.1 Å². The maximum atomic E-state index is 10.8. The lowest BCUT2D eigenvalue weighted by atomic mass is 9.77. The molecule has 1 nitrogen and oxygen atoms in total. The van der Waals surface area contributed by atoms with Crippen LogP contribution in [0.4, 0.5) is 0 Å². The number of ketones is 1. The van der Waals surface area contributed by atoms with Gasteiger partial charge in [0.2, 0.25) is 0 Å². The first-order valence-corrected chi connectivity index (χ1v) is 4.98. The second-order valence-electron chi connectivity index (χ2n) is 4.64. The van der Waals surface area contributed by atoms with Crippen molar-refractivity contribution in [1.82, 2.24) is 0 Å². The van der Waals surface area contributed by atoms with Crippen LogP contribution < -0.4 is 0 Å². The van der Waals surface area contributed by atoms with Gasteiger partial charge in [-0.25, -0.2) is 0 Å². The summed E-state index contributed by atoms with van der Waals surface area (Å²) in [5.41, 5.74) is 0.255. The third-order valence-electron chi connectivity index (χ3n) is 3.42. The summed E-state index contributed by atoms with van der Waals surface area (Å²) in [6, 6.07) is 0. The molecule has 0 aromatic carbocycles. The molecule has 13 heavy (non-hydrogen) atoms. The van der Waals surface area contributed by atoms with Crippen LogP contribution in [0.15, 0.2) is 24.3 Å². The second kappa shape index (κ2) is 2.83. The third-order valence-corrected chi connectivity index (χ3v) is 3.42. The molecule has 1 heteroatoms. The van der Waals surface area contributed by atoms with Crippen LogP contribution in [-0.4, -0.2) is 5.78 Å². The zero-order valence-corrected chi connectivity index (χ0v) is 8.29. The van der Waals surface area contributed by atoms with Gasteiger partial charge in [-0.3, -0.25) is 4.79 Å². The van der Waals surface area contributed by atoms with Crippen LogP contribution in [0, 0.1) is 17.3 Å². The average Bonchev–Trinajstić information content (AvgIpc) is 2.60. The van der Waals surface area contributed by atoms with E-state index in [1.54, 1.807) is 13.0 Å². The summed E-state index contributed by atoms with van der Waals surface area (Å²) >= 11 is 0. The predicted molar refractivity (Wildman–Crippen MR) is 53.3 cm³/mol. The molecular formula is C12H16O. The van der Waals surface area contributed by atoms with Crippen molar-refractivity contribution in [2.24, 2.45) is 17.3 Å². The summed E-state index contributed by atoms with van der Waals surface area (Å²) in [7, 11) is 0. The Bertz CT molecular complexity index is 287. The van der Waals surface area contributed by atoms with Gasteiger partial charge in [-0.2, -0.15) is 0 Å². The molecular weight excluding hydrogens is 160 g/mol. The fourth-order valence-electron chi connectivity index (χ4n) is 2.63. The molecule has 1 saturated carbocycles. The molecule has 0 amide bonds. The highest BCUT2D eigenvalue weighted by Gasteiger charge is 2.42. The Balaban J connectivity index is 2.14. The summed E-state index contributed by atoms with van der Waals surface area (Å²) in [6.45, 7) is 3.88. The highest BCUT2D eigenvalue weighted by atomic mass is 16.1. The summed E-state index contributed by atoms with van der Waals surface area (Å²) in [6.07, 6.45) is 11.0. The molecule has 3 atom stereocenters. The normalized spacial score (nSPS) is 42.0. The van der Waals surface area contributed by atoms with Crippen LogP contribution in [0.1, 0.15) is 26.7 Å². The third kappa shape index (κ3) is 1.48. The maximum Gasteiger partial charge on any atom is 0.152 e. The Kier molecular flexibility index (Phi) is 1.90. The molecule has 2 rings (SSSR count). The summed E-state index contributed by atoms with van der Waals surface area (Å²) in [5.74, 6) is 1.60. The van der Waals surface area contributed by atoms with Gasteiger partial charge >= 0.3 is 0 Å². The van der Waals surface area contributed by atoms with Crippen LogP contribution >= 0.6 is 0 Å². The molecule has 0 heterocycles. The van der Waals surface area contributed by atoms with Gasteiger partial charge in [-0.05, 0) is 43.1 Å². The Hall–Kier alpha value is -0.850. The summed E-state index contributed by atoms with van der Waals surface area (Å²) in [5, 5.41) is 0. The van der Waals surface area contributed by atoms with E-state index >= 15 is 0 Å². The highest BCUT2D eigenvalue weighted by molar-refractivity contribution is 5.87. The lowest BCUT2D eigenvalue weighted by Gasteiger charge is -2.27. The van der Waals surface area contributed by atoms with Gasteiger partial charge in [0.1, 0.15) is 0 Å². The van der Waals surface area contributed by atoms with Crippen LogP contribution in [0.5, 0.6) is 0 Å². The van der Waals surface area contributed by atoms with Crippen LogP contribution in [0.25, 0.3) is 0 Å². The maximum absolute atomic E-state index is 10.8. The molecule has 2 aliphatic carbocycles. The Morgan fingerprint density at radius 1 is 1.54 bits per heavy atom. The van der Waals surface area contributed by atoms with Crippen LogP contribution in [0.3, 0.4) is 0 Å². The molecule has 0 N–H and O–H groups in total. The van der Waals surface area contributed by atoms with Gasteiger partial charge in [0, 0.05) is 0 Å². The molecule has 0 spiro atoms. The van der Waals surface area contributed by atoms with Crippen LogP contribution in [0.2, 0.25) is 0 Å². The Morgan fingerprint density at radius 3 is 2.77 bits per heavy atom. The molecule has 0 aliphatic heterocycles. The van der Waals surface area contributed by atoms with E-state index in [1.165, 1.54) is 12.8 Å². The predicted octanol–water partition coefficient (Wildman–Crippen LogP) is 2.73. The molecule has 0 aromatic heterocycles. The smallest absolute Gasteiger partial charge is 0.152 e. The second-order valence-corrected chi connectivity index (χ2v) is 4.64. The van der Waals surface area contributed by atoms with Crippen molar-refractivity contribution < 1.29 is 4.79 Å². The quantitative estimate of drug-likeness (QED) is 0.467. The van der Waals surface area contributed by atoms with Gasteiger partial charge < -0.3 is 0 Å². The average molecular weight is 176 g/mol. The number of allylic oxidation sites excluding steroid dienone is 4. The van der Waals surface area contributed by atoms with Gasteiger partial charge in [0.15, 0.2) is 5.78 Å². The number of fused-ring (bicyclic) bond motifs is 2. The minimum atomic E-state index is 0.160. The van der Waals surface area contributed by atoms with E-state index in [4.69, 9.17) is 0 Å².